The van der Waals surface area contributed by atoms with Gasteiger partial charge in [0.1, 0.15) is 11.5 Å². The van der Waals surface area contributed by atoms with Crippen LogP contribution in [0.1, 0.15) is 24.2 Å². The average Bonchev–Trinajstić information content (AvgIpc) is 2.74. The van der Waals surface area contributed by atoms with Gasteiger partial charge in [-0.05, 0) is 32.0 Å². The van der Waals surface area contributed by atoms with E-state index in [0.29, 0.717) is 31.9 Å². The molecular formula is C22H26N4O5. The van der Waals surface area contributed by atoms with Crippen LogP contribution in [0.4, 0.5) is 5.69 Å². The van der Waals surface area contributed by atoms with Crippen LogP contribution >= 0.6 is 0 Å². The van der Waals surface area contributed by atoms with Crippen molar-refractivity contribution in [2.45, 2.75) is 19.9 Å². The Balaban J connectivity index is 1.72. The number of nitrogens with one attached hydrogen (secondary N) is 1. The fourth-order valence-corrected chi connectivity index (χ4v) is 3.35. The predicted molar refractivity (Wildman–Crippen MR) is 115 cm³/mol. The smallest absolute Gasteiger partial charge is 0.270 e. The second kappa shape index (κ2) is 10.0. The van der Waals surface area contributed by atoms with Crippen molar-refractivity contribution in [2.75, 3.05) is 32.7 Å². The summed E-state index contributed by atoms with van der Waals surface area (Å²) in [5.41, 5.74) is -0.0307. The number of para-hydroxylation sites is 1. The SMILES string of the molecule is CC(C)NC(=O)CN1CCN(C(=O)c2cc([N+](=O)[O-])ccc2Oc2ccccc2)CC1. The number of piperazine rings is 1. The van der Waals surface area contributed by atoms with E-state index in [-0.39, 0.29) is 41.4 Å². The summed E-state index contributed by atoms with van der Waals surface area (Å²) < 4.78 is 5.83. The summed E-state index contributed by atoms with van der Waals surface area (Å²) in [5.74, 6) is 0.417. The molecule has 9 nitrogen and oxygen atoms in total. The molecule has 2 aromatic carbocycles. The number of hydrogen-bond donors (Lipinski definition) is 1. The zero-order valence-electron chi connectivity index (χ0n) is 17.6. The second-order valence-electron chi connectivity index (χ2n) is 7.64. The van der Waals surface area contributed by atoms with Crippen LogP contribution in [0.25, 0.3) is 0 Å². The summed E-state index contributed by atoms with van der Waals surface area (Å²) in [7, 11) is 0. The number of carbonyl (C=O) groups excluding carboxylic acids is 2. The first-order valence-corrected chi connectivity index (χ1v) is 10.2. The number of nitro groups is 1. The van der Waals surface area contributed by atoms with Crippen LogP contribution in [-0.2, 0) is 4.79 Å². The van der Waals surface area contributed by atoms with Crippen LogP contribution < -0.4 is 10.1 Å². The van der Waals surface area contributed by atoms with Gasteiger partial charge in [-0.2, -0.15) is 0 Å². The van der Waals surface area contributed by atoms with Gasteiger partial charge in [0.25, 0.3) is 11.6 Å². The molecule has 31 heavy (non-hydrogen) atoms. The number of carbonyl (C=O) groups is 2. The molecule has 2 aromatic rings. The molecule has 164 valence electrons. The van der Waals surface area contributed by atoms with E-state index in [0.717, 1.165) is 0 Å². The molecule has 0 aliphatic carbocycles. The lowest BCUT2D eigenvalue weighted by Crippen LogP contribution is -2.51. The molecule has 1 aliphatic heterocycles. The van der Waals surface area contributed by atoms with Gasteiger partial charge in [0.05, 0.1) is 17.0 Å². The van der Waals surface area contributed by atoms with E-state index < -0.39 is 4.92 Å². The highest BCUT2D eigenvalue weighted by Crippen LogP contribution is 2.30. The third kappa shape index (κ3) is 6.02. The Morgan fingerprint density at radius 2 is 1.77 bits per heavy atom. The van der Waals surface area contributed by atoms with Gasteiger partial charge in [-0.25, -0.2) is 0 Å². The maximum absolute atomic E-state index is 13.2. The number of rotatable bonds is 7. The average molecular weight is 426 g/mol. The molecule has 0 radical (unpaired) electrons. The normalized spacial score (nSPS) is 14.4. The summed E-state index contributed by atoms with van der Waals surface area (Å²) in [4.78, 5) is 39.5. The van der Waals surface area contributed by atoms with Crippen molar-refractivity contribution in [3.63, 3.8) is 0 Å². The minimum atomic E-state index is -0.533. The van der Waals surface area contributed by atoms with Gasteiger partial charge in [0.15, 0.2) is 0 Å². The summed E-state index contributed by atoms with van der Waals surface area (Å²) in [5, 5.41) is 14.1. The zero-order chi connectivity index (χ0) is 22.4. The van der Waals surface area contributed by atoms with E-state index >= 15 is 0 Å². The Morgan fingerprint density at radius 1 is 1.10 bits per heavy atom. The molecule has 3 rings (SSSR count). The van der Waals surface area contributed by atoms with Crippen molar-refractivity contribution in [1.29, 1.82) is 0 Å². The largest absolute Gasteiger partial charge is 0.457 e. The van der Waals surface area contributed by atoms with Crippen molar-refractivity contribution in [1.82, 2.24) is 15.1 Å². The maximum atomic E-state index is 13.2. The Morgan fingerprint density at radius 3 is 2.39 bits per heavy atom. The first-order valence-electron chi connectivity index (χ1n) is 10.2. The highest BCUT2D eigenvalue weighted by atomic mass is 16.6. The van der Waals surface area contributed by atoms with E-state index in [1.807, 2.05) is 24.8 Å². The molecule has 0 aromatic heterocycles. The minimum Gasteiger partial charge on any atom is -0.457 e. The highest BCUT2D eigenvalue weighted by Gasteiger charge is 2.27. The molecular weight excluding hydrogens is 400 g/mol. The van der Waals surface area contributed by atoms with Gasteiger partial charge in [-0.15, -0.1) is 0 Å². The van der Waals surface area contributed by atoms with Gasteiger partial charge >= 0.3 is 0 Å². The number of nitro benzene ring substituents is 1. The Bertz CT molecular complexity index is 940. The number of amides is 2. The molecule has 1 N–H and O–H groups in total. The van der Waals surface area contributed by atoms with E-state index in [4.69, 9.17) is 4.74 Å². The number of ether oxygens (including phenoxy) is 1. The molecule has 0 spiro atoms. The monoisotopic (exact) mass is 426 g/mol. The maximum Gasteiger partial charge on any atom is 0.270 e. The highest BCUT2D eigenvalue weighted by molar-refractivity contribution is 5.97. The molecule has 1 fully saturated rings. The van der Waals surface area contributed by atoms with Crippen LogP contribution in [0.15, 0.2) is 48.5 Å². The van der Waals surface area contributed by atoms with Crippen LogP contribution in [0, 0.1) is 10.1 Å². The standard InChI is InChI=1S/C22H26N4O5/c1-16(2)23-21(27)15-24-10-12-25(13-11-24)22(28)19-14-17(26(29)30)8-9-20(19)31-18-6-4-3-5-7-18/h3-9,14,16H,10-13,15H2,1-2H3,(H,23,27). The van der Waals surface area contributed by atoms with Crippen LogP contribution in [-0.4, -0.2) is 65.3 Å². The van der Waals surface area contributed by atoms with Crippen molar-refractivity contribution in [2.24, 2.45) is 0 Å². The van der Waals surface area contributed by atoms with E-state index in [1.165, 1.54) is 18.2 Å². The molecule has 0 bridgehead atoms. The molecule has 0 saturated carbocycles. The molecule has 1 saturated heterocycles. The second-order valence-corrected chi connectivity index (χ2v) is 7.64. The Labute approximate surface area is 180 Å². The van der Waals surface area contributed by atoms with Crippen LogP contribution in [0.2, 0.25) is 0 Å². The van der Waals surface area contributed by atoms with Crippen LogP contribution in [0.5, 0.6) is 11.5 Å². The van der Waals surface area contributed by atoms with Gasteiger partial charge in [0.2, 0.25) is 5.91 Å². The summed E-state index contributed by atoms with van der Waals surface area (Å²) in [6.45, 7) is 6.01. The Hall–Kier alpha value is -3.46. The van der Waals surface area contributed by atoms with Gasteiger partial charge in [-0.3, -0.25) is 24.6 Å². The third-order valence-corrected chi connectivity index (χ3v) is 4.85. The van der Waals surface area contributed by atoms with E-state index in [1.54, 1.807) is 29.2 Å². The van der Waals surface area contributed by atoms with Gasteiger partial charge in [0, 0.05) is 44.4 Å². The molecule has 1 heterocycles. The van der Waals surface area contributed by atoms with Gasteiger partial charge < -0.3 is 15.0 Å². The van der Waals surface area contributed by atoms with Gasteiger partial charge in [-0.1, -0.05) is 18.2 Å². The summed E-state index contributed by atoms with van der Waals surface area (Å²) in [6, 6.07) is 13.0. The van der Waals surface area contributed by atoms with Crippen molar-refractivity contribution < 1.29 is 19.2 Å². The number of benzene rings is 2. The fourth-order valence-electron chi connectivity index (χ4n) is 3.35. The molecule has 9 heteroatoms. The lowest BCUT2D eigenvalue weighted by molar-refractivity contribution is -0.384. The molecule has 1 aliphatic rings. The number of non-ortho nitro benzene ring substituents is 1. The number of hydrogen-bond acceptors (Lipinski definition) is 6. The zero-order valence-corrected chi connectivity index (χ0v) is 17.6. The quantitative estimate of drug-likeness (QED) is 0.539. The Kier molecular flexibility index (Phi) is 7.19. The van der Waals surface area contributed by atoms with Crippen molar-refractivity contribution in [3.05, 3.63) is 64.2 Å². The minimum absolute atomic E-state index is 0.0491. The fraction of sp³-hybridized carbons (Fsp3) is 0.364. The first kappa shape index (κ1) is 22.2. The van der Waals surface area contributed by atoms with Crippen LogP contribution in [0.3, 0.4) is 0 Å². The topological polar surface area (TPSA) is 105 Å². The molecule has 0 atom stereocenters. The molecule has 0 unspecified atom stereocenters. The van der Waals surface area contributed by atoms with E-state index in [2.05, 4.69) is 5.32 Å². The van der Waals surface area contributed by atoms with Crippen molar-refractivity contribution >= 4 is 17.5 Å². The predicted octanol–water partition coefficient (Wildman–Crippen LogP) is 2.67. The summed E-state index contributed by atoms with van der Waals surface area (Å²) in [6.07, 6.45) is 0. The molecule has 2 amide bonds. The first-order chi connectivity index (χ1) is 14.8. The third-order valence-electron chi connectivity index (χ3n) is 4.85. The number of nitrogens with zero attached hydrogens (tertiary/aromatic N) is 3. The summed E-state index contributed by atoms with van der Waals surface area (Å²) >= 11 is 0. The lowest BCUT2D eigenvalue weighted by Gasteiger charge is -2.34. The van der Waals surface area contributed by atoms with Crippen molar-refractivity contribution in [3.8, 4) is 11.5 Å². The lowest BCUT2D eigenvalue weighted by atomic mass is 10.1. The van der Waals surface area contributed by atoms with E-state index in [9.17, 15) is 19.7 Å².